The Labute approximate surface area is 60.9 Å². The zero-order chi connectivity index (χ0) is 7.66. The zero-order valence-corrected chi connectivity index (χ0v) is 5.88. The van der Waals surface area contributed by atoms with Crippen molar-refractivity contribution in [1.82, 2.24) is 0 Å². The van der Waals surface area contributed by atoms with Crippen molar-refractivity contribution in [2.75, 3.05) is 26.4 Å². The van der Waals surface area contributed by atoms with Gasteiger partial charge in [-0.1, -0.05) is 6.58 Å². The predicted octanol–water partition coefficient (Wildman–Crippen LogP) is 0.729. The summed E-state index contributed by atoms with van der Waals surface area (Å²) in [5, 5.41) is 7.51. The first kappa shape index (κ1) is 9.15. The van der Waals surface area contributed by atoms with Crippen LogP contribution >= 0.6 is 0 Å². The number of nitriles is 1. The summed E-state index contributed by atoms with van der Waals surface area (Å²) in [4.78, 5) is 0. The zero-order valence-electron chi connectivity index (χ0n) is 5.88. The third kappa shape index (κ3) is 7.15. The van der Waals surface area contributed by atoms with Crippen molar-refractivity contribution >= 4 is 0 Å². The largest absolute Gasteiger partial charge is 0.377 e. The monoisotopic (exact) mass is 141 g/mol. The van der Waals surface area contributed by atoms with E-state index in [0.29, 0.717) is 0 Å². The molecule has 1 saturated heterocycles. The molecular formula is C7H11NO2. The Hall–Kier alpha value is -0.850. The van der Waals surface area contributed by atoms with Gasteiger partial charge < -0.3 is 9.47 Å². The number of nitrogens with zero attached hydrogens (tertiary/aromatic N) is 1. The number of allylic oxidation sites excluding steroid dienone is 1. The van der Waals surface area contributed by atoms with Crippen molar-refractivity contribution < 1.29 is 9.47 Å². The van der Waals surface area contributed by atoms with Crippen molar-refractivity contribution in [3.63, 3.8) is 0 Å². The van der Waals surface area contributed by atoms with Gasteiger partial charge in [0.1, 0.15) is 0 Å². The highest BCUT2D eigenvalue weighted by atomic mass is 16.6. The Bertz CT molecular complexity index is 102. The van der Waals surface area contributed by atoms with Gasteiger partial charge in [0.2, 0.25) is 0 Å². The molecule has 0 N–H and O–H groups in total. The molecule has 0 amide bonds. The van der Waals surface area contributed by atoms with Crippen molar-refractivity contribution in [3.8, 4) is 6.07 Å². The lowest BCUT2D eigenvalue weighted by Crippen LogP contribution is -2.16. The Morgan fingerprint density at radius 1 is 1.20 bits per heavy atom. The first-order chi connectivity index (χ1) is 4.91. The van der Waals surface area contributed by atoms with Gasteiger partial charge in [0.05, 0.1) is 32.5 Å². The molecule has 3 heteroatoms. The van der Waals surface area contributed by atoms with Gasteiger partial charge in [-0.05, 0) is 0 Å². The van der Waals surface area contributed by atoms with Crippen molar-refractivity contribution in [2.24, 2.45) is 0 Å². The van der Waals surface area contributed by atoms with Gasteiger partial charge in [0, 0.05) is 6.08 Å². The first-order valence-electron chi connectivity index (χ1n) is 3.08. The molecule has 1 fully saturated rings. The van der Waals surface area contributed by atoms with Crippen LogP contribution in [0.5, 0.6) is 0 Å². The number of ether oxygens (including phenoxy) is 2. The lowest BCUT2D eigenvalue weighted by Gasteiger charge is -2.09. The fraction of sp³-hybridized carbons (Fsp3) is 0.571. The van der Waals surface area contributed by atoms with E-state index in [1.54, 1.807) is 6.07 Å². The number of rotatable bonds is 0. The summed E-state index contributed by atoms with van der Waals surface area (Å²) in [5.41, 5.74) is 0. The number of hydrogen-bond donors (Lipinski definition) is 0. The van der Waals surface area contributed by atoms with Crippen LogP contribution in [0.1, 0.15) is 0 Å². The van der Waals surface area contributed by atoms with Gasteiger partial charge in [0.25, 0.3) is 0 Å². The fourth-order valence-electron chi connectivity index (χ4n) is 0.440. The molecule has 1 heterocycles. The van der Waals surface area contributed by atoms with Gasteiger partial charge in [-0.2, -0.15) is 5.26 Å². The summed E-state index contributed by atoms with van der Waals surface area (Å²) < 4.78 is 9.89. The quantitative estimate of drug-likeness (QED) is 0.467. The van der Waals surface area contributed by atoms with E-state index in [2.05, 4.69) is 6.58 Å². The maximum atomic E-state index is 7.51. The SMILES string of the molecule is C1COCCO1.C=CC#N. The standard InChI is InChI=1S/C4H8O2.C3H3N/c1-2-6-4-3-5-1;1-2-3-4/h1-4H2;2H,1H2. The third-order valence-corrected chi connectivity index (χ3v) is 0.835. The van der Waals surface area contributed by atoms with Crippen LogP contribution in [0.15, 0.2) is 12.7 Å². The van der Waals surface area contributed by atoms with Gasteiger partial charge in [-0.15, -0.1) is 0 Å². The molecule has 0 saturated carbocycles. The molecule has 1 aliphatic rings. The third-order valence-electron chi connectivity index (χ3n) is 0.835. The molecular weight excluding hydrogens is 130 g/mol. The Kier molecular flexibility index (Phi) is 7.46. The second kappa shape index (κ2) is 8.15. The highest BCUT2D eigenvalue weighted by molar-refractivity contribution is 4.93. The van der Waals surface area contributed by atoms with Gasteiger partial charge in [0.15, 0.2) is 0 Å². The minimum atomic E-state index is 0.778. The lowest BCUT2D eigenvalue weighted by atomic mass is 10.6. The van der Waals surface area contributed by atoms with Gasteiger partial charge >= 0.3 is 0 Å². The van der Waals surface area contributed by atoms with E-state index >= 15 is 0 Å². The Balaban J connectivity index is 0.000000180. The van der Waals surface area contributed by atoms with Crippen LogP contribution in [0.3, 0.4) is 0 Å². The van der Waals surface area contributed by atoms with E-state index in [1.165, 1.54) is 6.08 Å². The van der Waals surface area contributed by atoms with Crippen LogP contribution in [-0.2, 0) is 9.47 Å². The molecule has 0 aromatic rings. The number of hydrogen-bond acceptors (Lipinski definition) is 3. The molecule has 10 heavy (non-hydrogen) atoms. The minimum absolute atomic E-state index is 0.778. The molecule has 0 atom stereocenters. The average Bonchev–Trinajstić information content (AvgIpc) is 2.08. The van der Waals surface area contributed by atoms with Crippen LogP contribution in [0.4, 0.5) is 0 Å². The molecule has 56 valence electrons. The summed E-state index contributed by atoms with van der Waals surface area (Å²) in [5.74, 6) is 0. The second-order valence-electron chi connectivity index (χ2n) is 1.56. The van der Waals surface area contributed by atoms with Crippen LogP contribution < -0.4 is 0 Å². The molecule has 0 aromatic heterocycles. The highest BCUT2D eigenvalue weighted by Crippen LogP contribution is 1.85. The maximum absolute atomic E-state index is 7.51. The molecule has 1 aliphatic heterocycles. The van der Waals surface area contributed by atoms with Gasteiger partial charge in [-0.3, -0.25) is 0 Å². The van der Waals surface area contributed by atoms with Crippen molar-refractivity contribution in [1.29, 1.82) is 5.26 Å². The van der Waals surface area contributed by atoms with E-state index in [4.69, 9.17) is 14.7 Å². The molecule has 0 radical (unpaired) electrons. The first-order valence-corrected chi connectivity index (χ1v) is 3.08. The Morgan fingerprint density at radius 2 is 1.50 bits per heavy atom. The molecule has 3 nitrogen and oxygen atoms in total. The topological polar surface area (TPSA) is 42.2 Å². The average molecular weight is 141 g/mol. The summed E-state index contributed by atoms with van der Waals surface area (Å²) >= 11 is 0. The molecule has 0 spiro atoms. The predicted molar refractivity (Wildman–Crippen MR) is 37.4 cm³/mol. The van der Waals surface area contributed by atoms with E-state index < -0.39 is 0 Å². The normalized spacial score (nSPS) is 15.9. The van der Waals surface area contributed by atoms with Crippen molar-refractivity contribution in [3.05, 3.63) is 12.7 Å². The van der Waals surface area contributed by atoms with E-state index in [-0.39, 0.29) is 0 Å². The summed E-state index contributed by atoms with van der Waals surface area (Å²) in [6.45, 7) is 6.23. The smallest absolute Gasteiger partial charge is 0.0905 e. The lowest BCUT2D eigenvalue weighted by molar-refractivity contribution is -0.0334. The molecule has 0 bridgehead atoms. The van der Waals surface area contributed by atoms with Crippen LogP contribution in [0, 0.1) is 11.3 Å². The van der Waals surface area contributed by atoms with Crippen LogP contribution in [-0.4, -0.2) is 26.4 Å². The van der Waals surface area contributed by atoms with E-state index in [0.717, 1.165) is 26.4 Å². The summed E-state index contributed by atoms with van der Waals surface area (Å²) in [6.07, 6.45) is 1.18. The summed E-state index contributed by atoms with van der Waals surface area (Å²) in [6, 6.07) is 1.69. The van der Waals surface area contributed by atoms with Crippen LogP contribution in [0.25, 0.3) is 0 Å². The molecule has 0 aliphatic carbocycles. The van der Waals surface area contributed by atoms with Crippen LogP contribution in [0.2, 0.25) is 0 Å². The fourth-order valence-corrected chi connectivity index (χ4v) is 0.440. The van der Waals surface area contributed by atoms with Gasteiger partial charge in [-0.25, -0.2) is 0 Å². The van der Waals surface area contributed by atoms with E-state index in [1.807, 2.05) is 0 Å². The highest BCUT2D eigenvalue weighted by Gasteiger charge is 1.94. The van der Waals surface area contributed by atoms with Crippen molar-refractivity contribution in [2.45, 2.75) is 0 Å². The second-order valence-corrected chi connectivity index (χ2v) is 1.56. The van der Waals surface area contributed by atoms with E-state index in [9.17, 15) is 0 Å². The maximum Gasteiger partial charge on any atom is 0.0905 e. The summed E-state index contributed by atoms with van der Waals surface area (Å²) in [7, 11) is 0. The Morgan fingerprint density at radius 3 is 1.60 bits per heavy atom. The minimum Gasteiger partial charge on any atom is -0.377 e. The molecule has 0 unspecified atom stereocenters. The molecule has 0 aromatic carbocycles. The molecule has 1 rings (SSSR count).